The first-order valence-corrected chi connectivity index (χ1v) is 10.4. The number of nitrogens with one attached hydrogen (secondary N) is 4. The van der Waals surface area contributed by atoms with Crippen molar-refractivity contribution in [3.8, 4) is 5.75 Å². The molecule has 1 aromatic carbocycles. The molecule has 4 heterocycles. The molecule has 1 aliphatic heterocycles. The second kappa shape index (κ2) is 8.01. The highest BCUT2D eigenvalue weighted by atomic mass is 16.5. The van der Waals surface area contributed by atoms with E-state index in [9.17, 15) is 5.11 Å². The average molecular weight is 435 g/mol. The number of pyridine rings is 1. The SMILES string of the molecule is CCc1c(C(O)(c2ccccc2)c2ccn(C)n2)nc2cc(OC)c(C3NNNN3)cn12. The largest absolute Gasteiger partial charge is 0.496 e. The fourth-order valence-electron chi connectivity index (χ4n) is 4.26. The Hall–Kier alpha value is -3.28. The summed E-state index contributed by atoms with van der Waals surface area (Å²) in [7, 11) is 3.46. The van der Waals surface area contributed by atoms with Crippen LogP contribution in [0, 0.1) is 0 Å². The Morgan fingerprint density at radius 1 is 1.16 bits per heavy atom. The van der Waals surface area contributed by atoms with Gasteiger partial charge >= 0.3 is 0 Å². The van der Waals surface area contributed by atoms with Crippen LogP contribution in [0.2, 0.25) is 0 Å². The number of fused-ring (bicyclic) bond motifs is 1. The van der Waals surface area contributed by atoms with Gasteiger partial charge in [-0.25, -0.2) is 15.8 Å². The third-order valence-corrected chi connectivity index (χ3v) is 5.83. The Morgan fingerprint density at radius 3 is 2.53 bits per heavy atom. The normalized spacial score (nSPS) is 16.5. The Kier molecular flexibility index (Phi) is 5.16. The Balaban J connectivity index is 1.77. The average Bonchev–Trinajstić information content (AvgIpc) is 3.57. The zero-order chi connectivity index (χ0) is 22.3. The predicted molar refractivity (Wildman–Crippen MR) is 118 cm³/mol. The van der Waals surface area contributed by atoms with E-state index in [1.807, 2.05) is 66.3 Å². The molecule has 4 aromatic rings. The molecule has 1 atom stereocenters. The summed E-state index contributed by atoms with van der Waals surface area (Å²) in [5, 5.41) is 16.8. The Morgan fingerprint density at radius 2 is 1.91 bits per heavy atom. The summed E-state index contributed by atoms with van der Waals surface area (Å²) in [5.74, 6) is 0.674. The van der Waals surface area contributed by atoms with Crippen LogP contribution in [-0.2, 0) is 19.1 Å². The fourth-order valence-corrected chi connectivity index (χ4v) is 4.26. The first-order valence-electron chi connectivity index (χ1n) is 10.4. The van der Waals surface area contributed by atoms with Gasteiger partial charge in [0.15, 0.2) is 5.60 Å². The zero-order valence-corrected chi connectivity index (χ0v) is 18.1. The number of aromatic nitrogens is 4. The van der Waals surface area contributed by atoms with Crippen molar-refractivity contribution in [1.29, 1.82) is 0 Å². The number of rotatable bonds is 6. The summed E-state index contributed by atoms with van der Waals surface area (Å²) >= 11 is 0. The molecule has 1 unspecified atom stereocenters. The van der Waals surface area contributed by atoms with E-state index in [0.29, 0.717) is 34.8 Å². The van der Waals surface area contributed by atoms with Gasteiger partial charge in [0.2, 0.25) is 0 Å². The van der Waals surface area contributed by atoms with Crippen LogP contribution in [0.1, 0.15) is 41.3 Å². The van der Waals surface area contributed by atoms with Crippen LogP contribution in [0.25, 0.3) is 5.65 Å². The minimum Gasteiger partial charge on any atom is -0.496 e. The molecule has 3 aromatic heterocycles. The molecule has 10 heteroatoms. The van der Waals surface area contributed by atoms with Crippen LogP contribution in [-0.4, -0.2) is 31.4 Å². The second-order valence-corrected chi connectivity index (χ2v) is 7.71. The molecule has 0 spiro atoms. The van der Waals surface area contributed by atoms with Crippen LogP contribution in [0.5, 0.6) is 5.75 Å². The number of aliphatic hydroxyl groups is 1. The van der Waals surface area contributed by atoms with Crippen molar-refractivity contribution in [1.82, 2.24) is 41.1 Å². The number of aryl methyl sites for hydroxylation is 2. The topological polar surface area (TPSA) is 113 Å². The van der Waals surface area contributed by atoms with Crippen molar-refractivity contribution in [3.63, 3.8) is 0 Å². The number of methoxy groups -OCH3 is 1. The summed E-state index contributed by atoms with van der Waals surface area (Å²) in [6.07, 6.45) is 4.25. The standard InChI is InChI=1S/C22H26N8O2/c1-4-16-20(22(31,14-8-6-5-7-9-14)18-10-11-29(2)26-18)23-19-12-17(32-3)15(13-30(16)19)21-24-27-28-25-21/h5-13,21,24-25,27-28,31H,4H2,1-3H3. The number of hydrogen-bond donors (Lipinski definition) is 5. The lowest BCUT2D eigenvalue weighted by Gasteiger charge is -2.26. The summed E-state index contributed by atoms with van der Waals surface area (Å²) in [4.78, 5) is 4.91. The van der Waals surface area contributed by atoms with Gasteiger partial charge in [-0.15, -0.1) is 0 Å². The minimum absolute atomic E-state index is 0.214. The lowest BCUT2D eigenvalue weighted by atomic mass is 9.86. The summed E-state index contributed by atoms with van der Waals surface area (Å²) < 4.78 is 9.33. The molecule has 1 saturated heterocycles. The molecule has 1 fully saturated rings. The van der Waals surface area contributed by atoms with Gasteiger partial charge in [-0.1, -0.05) is 37.3 Å². The van der Waals surface area contributed by atoms with Crippen LogP contribution in [0.3, 0.4) is 0 Å². The van der Waals surface area contributed by atoms with E-state index in [1.165, 1.54) is 0 Å². The van der Waals surface area contributed by atoms with Crippen LogP contribution >= 0.6 is 0 Å². The second-order valence-electron chi connectivity index (χ2n) is 7.71. The maximum Gasteiger partial charge on any atom is 0.177 e. The van der Waals surface area contributed by atoms with Gasteiger partial charge in [0.25, 0.3) is 0 Å². The molecule has 0 radical (unpaired) electrons. The molecule has 0 bridgehead atoms. The van der Waals surface area contributed by atoms with Crippen molar-refractivity contribution >= 4 is 5.65 Å². The van der Waals surface area contributed by atoms with Crippen molar-refractivity contribution in [2.24, 2.45) is 7.05 Å². The van der Waals surface area contributed by atoms with Crippen molar-refractivity contribution in [3.05, 3.63) is 83.1 Å². The lowest BCUT2D eigenvalue weighted by Crippen LogP contribution is -2.33. The third kappa shape index (κ3) is 3.17. The highest BCUT2D eigenvalue weighted by Gasteiger charge is 2.41. The molecular formula is C22H26N8O2. The highest BCUT2D eigenvalue weighted by molar-refractivity contribution is 5.55. The predicted octanol–water partition coefficient (Wildman–Crippen LogP) is 1.04. The van der Waals surface area contributed by atoms with E-state index in [2.05, 4.69) is 33.9 Å². The van der Waals surface area contributed by atoms with E-state index >= 15 is 0 Å². The Bertz CT molecular complexity index is 1250. The first kappa shape index (κ1) is 20.6. The van der Waals surface area contributed by atoms with Crippen molar-refractivity contribution < 1.29 is 9.84 Å². The summed E-state index contributed by atoms with van der Waals surface area (Å²) in [5.41, 5.74) is 14.6. The van der Waals surface area contributed by atoms with Crippen LogP contribution < -0.4 is 26.7 Å². The van der Waals surface area contributed by atoms with Gasteiger partial charge < -0.3 is 14.2 Å². The van der Waals surface area contributed by atoms with Gasteiger partial charge in [0.1, 0.15) is 29.0 Å². The molecule has 0 aliphatic carbocycles. The van der Waals surface area contributed by atoms with Gasteiger partial charge in [0.05, 0.1) is 7.11 Å². The first-order chi connectivity index (χ1) is 15.6. The Labute approximate surface area is 185 Å². The lowest BCUT2D eigenvalue weighted by molar-refractivity contribution is 0.115. The van der Waals surface area contributed by atoms with Crippen LogP contribution in [0.4, 0.5) is 0 Å². The quantitative estimate of drug-likeness (QED) is 0.306. The monoisotopic (exact) mass is 434 g/mol. The van der Waals surface area contributed by atoms with Crippen molar-refractivity contribution in [2.45, 2.75) is 25.1 Å². The molecule has 5 N–H and O–H groups in total. The van der Waals surface area contributed by atoms with Gasteiger partial charge in [-0.2, -0.15) is 16.2 Å². The maximum atomic E-state index is 12.2. The highest BCUT2D eigenvalue weighted by Crippen LogP contribution is 2.38. The number of nitrogens with zero attached hydrogens (tertiary/aromatic N) is 4. The molecule has 10 nitrogen and oxygen atoms in total. The smallest absolute Gasteiger partial charge is 0.177 e. The van der Waals surface area contributed by atoms with E-state index in [0.717, 1.165) is 11.3 Å². The zero-order valence-electron chi connectivity index (χ0n) is 18.1. The number of ether oxygens (including phenoxy) is 1. The third-order valence-electron chi connectivity index (χ3n) is 5.83. The van der Waals surface area contributed by atoms with Crippen molar-refractivity contribution in [2.75, 3.05) is 7.11 Å². The van der Waals surface area contributed by atoms with Gasteiger partial charge in [-0.3, -0.25) is 4.68 Å². The van der Waals surface area contributed by atoms with Crippen LogP contribution in [0.15, 0.2) is 54.9 Å². The molecule has 0 saturated carbocycles. The fraction of sp³-hybridized carbons (Fsp3) is 0.273. The van der Waals surface area contributed by atoms with E-state index < -0.39 is 5.60 Å². The molecule has 1 aliphatic rings. The molecule has 32 heavy (non-hydrogen) atoms. The molecule has 5 rings (SSSR count). The van der Waals surface area contributed by atoms with Gasteiger partial charge in [0, 0.05) is 36.8 Å². The molecule has 166 valence electrons. The summed E-state index contributed by atoms with van der Waals surface area (Å²) in [6.45, 7) is 2.05. The number of hydrazine groups is 3. The number of imidazole rings is 1. The minimum atomic E-state index is -1.51. The number of benzene rings is 1. The maximum absolute atomic E-state index is 12.2. The number of hydrogen-bond acceptors (Lipinski definition) is 8. The van der Waals surface area contributed by atoms with E-state index in [-0.39, 0.29) is 6.17 Å². The molecule has 0 amide bonds. The van der Waals surface area contributed by atoms with E-state index in [4.69, 9.17) is 9.72 Å². The summed E-state index contributed by atoms with van der Waals surface area (Å²) in [6, 6.07) is 13.2. The molecular weight excluding hydrogens is 408 g/mol. The van der Waals surface area contributed by atoms with Gasteiger partial charge in [-0.05, 0) is 18.1 Å². The van der Waals surface area contributed by atoms with E-state index in [1.54, 1.807) is 11.8 Å².